The summed E-state index contributed by atoms with van der Waals surface area (Å²) in [6.07, 6.45) is 10.0. The molecule has 0 aliphatic heterocycles. The first-order chi connectivity index (χ1) is 18.1. The van der Waals surface area contributed by atoms with Crippen molar-refractivity contribution in [2.45, 2.75) is 56.9 Å². The Hall–Kier alpha value is -3.17. The molecular formula is C28H29ClF2N4O2S. The van der Waals surface area contributed by atoms with Crippen LogP contribution in [0.4, 0.5) is 8.78 Å². The number of rotatable bonds is 9. The summed E-state index contributed by atoms with van der Waals surface area (Å²) in [4.78, 5) is 17.2. The van der Waals surface area contributed by atoms with Crippen molar-refractivity contribution in [3.8, 4) is 0 Å². The van der Waals surface area contributed by atoms with Gasteiger partial charge in [0.15, 0.2) is 5.83 Å². The lowest BCUT2D eigenvalue weighted by Crippen LogP contribution is -2.22. The second-order valence-electron chi connectivity index (χ2n) is 9.36. The number of hydrogen-bond donors (Lipinski definition) is 0. The molecule has 3 aromatic rings. The van der Waals surface area contributed by atoms with Crippen LogP contribution in [-0.4, -0.2) is 30.5 Å². The smallest absolute Gasteiger partial charge is 0.273 e. The zero-order chi connectivity index (χ0) is 27.6. The minimum absolute atomic E-state index is 0.0183. The van der Waals surface area contributed by atoms with Crippen LogP contribution in [-0.2, 0) is 17.2 Å². The lowest BCUT2D eigenvalue weighted by atomic mass is 9.96. The maximum Gasteiger partial charge on any atom is 0.273 e. The summed E-state index contributed by atoms with van der Waals surface area (Å²) in [5.41, 5.74) is 0.911. The average molecular weight is 559 g/mol. The van der Waals surface area contributed by atoms with Crippen molar-refractivity contribution in [1.82, 2.24) is 14.3 Å². The van der Waals surface area contributed by atoms with Gasteiger partial charge in [-0.3, -0.25) is 23.2 Å². The predicted octanol–water partition coefficient (Wildman–Crippen LogP) is 6.36. The molecule has 2 atom stereocenters. The quantitative estimate of drug-likeness (QED) is 0.287. The van der Waals surface area contributed by atoms with Crippen molar-refractivity contribution >= 4 is 34.3 Å². The van der Waals surface area contributed by atoms with Gasteiger partial charge in [0.1, 0.15) is 16.6 Å². The van der Waals surface area contributed by atoms with E-state index in [4.69, 9.17) is 11.6 Å². The van der Waals surface area contributed by atoms with E-state index >= 15 is 8.78 Å². The van der Waals surface area contributed by atoms with E-state index in [1.165, 1.54) is 30.7 Å². The van der Waals surface area contributed by atoms with Crippen LogP contribution < -0.4 is 5.56 Å². The number of aliphatic imine (C=N–C) groups is 1. The van der Waals surface area contributed by atoms with Crippen LogP contribution in [0.1, 0.15) is 61.2 Å². The van der Waals surface area contributed by atoms with Gasteiger partial charge in [-0.1, -0.05) is 30.7 Å². The number of hydrogen-bond acceptors (Lipinski definition) is 4. The summed E-state index contributed by atoms with van der Waals surface area (Å²) in [5, 5.41) is 4.61. The summed E-state index contributed by atoms with van der Waals surface area (Å²) in [6, 6.07) is 8.40. The van der Waals surface area contributed by atoms with E-state index in [0.717, 1.165) is 29.3 Å². The fourth-order valence-electron chi connectivity index (χ4n) is 4.22. The number of allylic oxidation sites excluding steroid dienone is 2. The highest BCUT2D eigenvalue weighted by atomic mass is 35.5. The van der Waals surface area contributed by atoms with Crippen LogP contribution in [0.2, 0.25) is 5.02 Å². The molecule has 0 bridgehead atoms. The number of aromatic nitrogens is 3. The van der Waals surface area contributed by atoms with Gasteiger partial charge in [0, 0.05) is 29.9 Å². The summed E-state index contributed by atoms with van der Waals surface area (Å²) in [5.74, 6) is -1.89. The third-order valence-electron chi connectivity index (χ3n) is 6.38. The van der Waals surface area contributed by atoms with Gasteiger partial charge in [0.2, 0.25) is 0 Å². The molecule has 0 spiro atoms. The van der Waals surface area contributed by atoms with E-state index in [9.17, 15) is 9.00 Å². The fourth-order valence-corrected chi connectivity index (χ4v) is 5.18. The minimum Gasteiger partial charge on any atom is -0.284 e. The SMILES string of the molecule is C/C=C/N=C(/C(F)=C/n1c(C)cc(C(C)Cc2ccn(C3CC3)n2)c(Cl)c1=O)c1cccc(S(C)=O)c1F. The molecule has 1 saturated carbocycles. The third kappa shape index (κ3) is 5.94. The van der Waals surface area contributed by atoms with E-state index in [0.29, 0.717) is 23.7 Å². The first-order valence-electron chi connectivity index (χ1n) is 12.3. The Morgan fingerprint density at radius 2 is 2.08 bits per heavy atom. The topological polar surface area (TPSA) is 69.2 Å². The molecule has 0 N–H and O–H groups in total. The van der Waals surface area contributed by atoms with Crippen LogP contribution in [0.25, 0.3) is 6.20 Å². The van der Waals surface area contributed by atoms with Crippen molar-refractivity contribution in [3.63, 3.8) is 0 Å². The molecule has 1 aliphatic carbocycles. The molecule has 0 saturated heterocycles. The normalized spacial score (nSPS) is 16.3. The highest BCUT2D eigenvalue weighted by molar-refractivity contribution is 7.84. The molecule has 2 aromatic heterocycles. The summed E-state index contributed by atoms with van der Waals surface area (Å²) >= 11 is 6.50. The Kier molecular flexibility index (Phi) is 8.57. The summed E-state index contributed by atoms with van der Waals surface area (Å²) in [6.45, 7) is 5.32. The first-order valence-corrected chi connectivity index (χ1v) is 14.2. The van der Waals surface area contributed by atoms with E-state index < -0.39 is 28.0 Å². The maximum atomic E-state index is 15.6. The van der Waals surface area contributed by atoms with Crippen molar-refractivity contribution in [1.29, 1.82) is 0 Å². The molecule has 1 aromatic carbocycles. The molecule has 2 unspecified atom stereocenters. The molecule has 0 radical (unpaired) electrons. The Morgan fingerprint density at radius 3 is 2.74 bits per heavy atom. The first kappa shape index (κ1) is 27.9. The van der Waals surface area contributed by atoms with Gasteiger partial charge in [-0.15, -0.1) is 0 Å². The van der Waals surface area contributed by atoms with Gasteiger partial charge in [0.05, 0.1) is 33.6 Å². The number of halogens is 3. The number of aryl methyl sites for hydroxylation is 1. The highest BCUT2D eigenvalue weighted by Crippen LogP contribution is 2.34. The second-order valence-corrected chi connectivity index (χ2v) is 11.1. The van der Waals surface area contributed by atoms with E-state index in [1.807, 2.05) is 23.9 Å². The third-order valence-corrected chi connectivity index (χ3v) is 7.70. The monoisotopic (exact) mass is 558 g/mol. The fraction of sp³-hybridized carbons (Fsp3) is 0.321. The van der Waals surface area contributed by atoms with Crippen molar-refractivity contribution in [3.05, 3.63) is 98.3 Å². The number of pyridine rings is 1. The number of benzene rings is 1. The zero-order valence-electron chi connectivity index (χ0n) is 21.6. The Labute approximate surface area is 227 Å². The largest absolute Gasteiger partial charge is 0.284 e. The van der Waals surface area contributed by atoms with Crippen LogP contribution >= 0.6 is 11.6 Å². The lowest BCUT2D eigenvalue weighted by Gasteiger charge is -2.16. The molecule has 6 nitrogen and oxygen atoms in total. The van der Waals surface area contributed by atoms with Gasteiger partial charge in [-0.2, -0.15) is 5.10 Å². The Balaban J connectivity index is 1.69. The van der Waals surface area contributed by atoms with Crippen LogP contribution in [0.5, 0.6) is 0 Å². The highest BCUT2D eigenvalue weighted by Gasteiger charge is 2.25. The van der Waals surface area contributed by atoms with Crippen LogP contribution in [0, 0.1) is 12.7 Å². The minimum atomic E-state index is -1.62. The molecule has 10 heteroatoms. The summed E-state index contributed by atoms with van der Waals surface area (Å²) < 4.78 is 45.7. The predicted molar refractivity (Wildman–Crippen MR) is 149 cm³/mol. The molecule has 1 fully saturated rings. The molecule has 4 rings (SSSR count). The van der Waals surface area contributed by atoms with Crippen LogP contribution in [0.15, 0.2) is 69.3 Å². The van der Waals surface area contributed by atoms with Gasteiger partial charge in [0.25, 0.3) is 5.56 Å². The van der Waals surface area contributed by atoms with Gasteiger partial charge in [-0.25, -0.2) is 8.78 Å². The summed E-state index contributed by atoms with van der Waals surface area (Å²) in [7, 11) is -1.62. The zero-order valence-corrected chi connectivity index (χ0v) is 23.2. The maximum absolute atomic E-state index is 15.6. The molecule has 200 valence electrons. The van der Waals surface area contributed by atoms with Crippen molar-refractivity contribution in [2.75, 3.05) is 6.26 Å². The van der Waals surface area contributed by atoms with Crippen molar-refractivity contribution < 1.29 is 13.0 Å². The van der Waals surface area contributed by atoms with Gasteiger partial charge < -0.3 is 0 Å². The molecule has 1 aliphatic rings. The van der Waals surface area contributed by atoms with Gasteiger partial charge in [-0.05, 0) is 68.9 Å². The Morgan fingerprint density at radius 1 is 1.34 bits per heavy atom. The lowest BCUT2D eigenvalue weighted by molar-refractivity contribution is 0.591. The standard InChI is InChI=1S/C28H29ClF2N4O2S/c1-5-12-32-27(21-7-6-8-24(26(21)31)38(4)37)23(30)16-34-18(3)15-22(25(29)28(34)36)17(2)14-19-11-13-35(33-19)20-9-10-20/h5-8,11-13,15-17,20H,9-10,14H2,1-4H3/b12-5+,23-16-,32-27+. The van der Waals surface area contributed by atoms with E-state index in [1.54, 1.807) is 26.0 Å². The van der Waals surface area contributed by atoms with Gasteiger partial charge >= 0.3 is 0 Å². The van der Waals surface area contributed by atoms with E-state index in [2.05, 4.69) is 10.1 Å². The molecule has 0 amide bonds. The molecule has 2 heterocycles. The Bertz CT molecular complexity index is 1540. The van der Waals surface area contributed by atoms with Crippen molar-refractivity contribution in [2.24, 2.45) is 4.99 Å². The number of nitrogens with zero attached hydrogens (tertiary/aromatic N) is 4. The second kappa shape index (κ2) is 11.7. The molecule has 38 heavy (non-hydrogen) atoms. The van der Waals surface area contributed by atoms with E-state index in [-0.39, 0.29) is 27.1 Å². The average Bonchev–Trinajstić information content (AvgIpc) is 3.63. The van der Waals surface area contributed by atoms with Crippen LogP contribution in [0.3, 0.4) is 0 Å². The molecular weight excluding hydrogens is 530 g/mol.